The SMILES string of the molecule is C=C(CC[C@@]1(C)[C@H](C)CCC(=O)[C@@H]1C)[C@H](O)Cc1c(O)cc(C)c(C=O)c1O. The van der Waals surface area contributed by atoms with Crippen molar-refractivity contribution < 1.29 is 24.9 Å². The Morgan fingerprint density at radius 3 is 2.64 bits per heavy atom. The Kier molecular flexibility index (Phi) is 6.71. The number of phenols is 2. The summed E-state index contributed by atoms with van der Waals surface area (Å²) in [7, 11) is 0. The lowest BCUT2D eigenvalue weighted by Gasteiger charge is -2.44. The molecule has 4 atom stereocenters. The largest absolute Gasteiger partial charge is 0.508 e. The smallest absolute Gasteiger partial charge is 0.154 e. The van der Waals surface area contributed by atoms with Gasteiger partial charge in [0.25, 0.3) is 0 Å². The molecule has 1 saturated carbocycles. The Morgan fingerprint density at radius 2 is 2.04 bits per heavy atom. The van der Waals surface area contributed by atoms with Gasteiger partial charge in [0.05, 0.1) is 11.7 Å². The molecule has 0 amide bonds. The van der Waals surface area contributed by atoms with Crippen LogP contribution in [-0.2, 0) is 11.2 Å². The van der Waals surface area contributed by atoms with Gasteiger partial charge in [-0.15, -0.1) is 0 Å². The number of aliphatic hydroxyl groups excluding tert-OH is 1. The van der Waals surface area contributed by atoms with E-state index in [1.807, 2.05) is 6.92 Å². The number of aldehydes is 1. The minimum Gasteiger partial charge on any atom is -0.508 e. The zero-order valence-corrected chi connectivity index (χ0v) is 17.3. The zero-order valence-electron chi connectivity index (χ0n) is 17.3. The van der Waals surface area contributed by atoms with Crippen LogP contribution in [0, 0.1) is 24.2 Å². The number of aryl methyl sites for hydroxylation is 1. The average molecular weight is 389 g/mol. The van der Waals surface area contributed by atoms with Crippen molar-refractivity contribution in [3.8, 4) is 11.5 Å². The van der Waals surface area contributed by atoms with Crippen LogP contribution in [0.4, 0.5) is 0 Å². The predicted octanol–water partition coefficient (Wildman–Crippen LogP) is 4.10. The standard InChI is InChI=1S/C23H32O5/c1-13(8-9-23(5)15(3)6-7-19(25)16(23)4)20(26)11-17-21(27)10-14(2)18(12-24)22(17)28/h10,12,15-16,20,26-28H,1,6-9,11H2,2-5H3/t15-,16+,20-,23+/m1/s1. The monoisotopic (exact) mass is 388 g/mol. The summed E-state index contributed by atoms with van der Waals surface area (Å²) >= 11 is 0. The summed E-state index contributed by atoms with van der Waals surface area (Å²) in [4.78, 5) is 23.4. The number of rotatable bonds is 7. The first-order valence-electron chi connectivity index (χ1n) is 9.90. The first-order valence-corrected chi connectivity index (χ1v) is 9.90. The van der Waals surface area contributed by atoms with E-state index in [1.165, 1.54) is 6.07 Å². The van der Waals surface area contributed by atoms with Crippen LogP contribution in [0.2, 0.25) is 0 Å². The fourth-order valence-corrected chi connectivity index (χ4v) is 4.29. The second-order valence-corrected chi connectivity index (χ2v) is 8.58. The Bertz CT molecular complexity index is 782. The molecule has 0 spiro atoms. The number of Topliss-reactive ketones (excluding diaryl/α,β-unsaturated/α-hetero) is 1. The van der Waals surface area contributed by atoms with E-state index in [9.17, 15) is 24.9 Å². The van der Waals surface area contributed by atoms with Gasteiger partial charge in [-0.05, 0) is 54.7 Å². The van der Waals surface area contributed by atoms with Crippen molar-refractivity contribution in [3.05, 3.63) is 34.9 Å². The van der Waals surface area contributed by atoms with Gasteiger partial charge in [0, 0.05) is 24.3 Å². The molecule has 28 heavy (non-hydrogen) atoms. The molecule has 0 aromatic heterocycles. The lowest BCUT2D eigenvalue weighted by atomic mass is 9.59. The molecule has 0 unspecified atom stereocenters. The molecule has 1 aromatic rings. The molecule has 0 saturated heterocycles. The fraction of sp³-hybridized carbons (Fsp3) is 0.565. The van der Waals surface area contributed by atoms with Gasteiger partial charge >= 0.3 is 0 Å². The number of carbonyl (C=O) groups is 2. The molecular weight excluding hydrogens is 356 g/mol. The highest BCUT2D eigenvalue weighted by molar-refractivity contribution is 5.83. The van der Waals surface area contributed by atoms with E-state index >= 15 is 0 Å². The van der Waals surface area contributed by atoms with E-state index in [-0.39, 0.29) is 40.4 Å². The van der Waals surface area contributed by atoms with Crippen LogP contribution in [0.15, 0.2) is 18.2 Å². The van der Waals surface area contributed by atoms with Gasteiger partial charge in [-0.2, -0.15) is 0 Å². The van der Waals surface area contributed by atoms with Crippen LogP contribution in [0.5, 0.6) is 11.5 Å². The van der Waals surface area contributed by atoms with Gasteiger partial charge in [-0.3, -0.25) is 9.59 Å². The van der Waals surface area contributed by atoms with Crippen molar-refractivity contribution in [2.24, 2.45) is 17.3 Å². The van der Waals surface area contributed by atoms with Crippen molar-refractivity contribution in [2.75, 3.05) is 0 Å². The Balaban J connectivity index is 2.10. The number of aromatic hydroxyl groups is 2. The minimum atomic E-state index is -0.965. The van der Waals surface area contributed by atoms with Gasteiger partial charge in [-0.1, -0.05) is 27.4 Å². The molecule has 1 aliphatic rings. The molecule has 0 bridgehead atoms. The minimum absolute atomic E-state index is 0.0264. The van der Waals surface area contributed by atoms with Gasteiger partial charge < -0.3 is 15.3 Å². The summed E-state index contributed by atoms with van der Waals surface area (Å²) in [6.45, 7) is 11.9. The zero-order chi connectivity index (χ0) is 21.2. The Morgan fingerprint density at radius 1 is 1.39 bits per heavy atom. The molecule has 1 aromatic carbocycles. The van der Waals surface area contributed by atoms with Crippen LogP contribution in [0.25, 0.3) is 0 Å². The van der Waals surface area contributed by atoms with Gasteiger partial charge in [-0.25, -0.2) is 0 Å². The molecule has 3 N–H and O–H groups in total. The van der Waals surface area contributed by atoms with Crippen molar-refractivity contribution in [1.82, 2.24) is 0 Å². The van der Waals surface area contributed by atoms with Crippen LogP contribution >= 0.6 is 0 Å². The van der Waals surface area contributed by atoms with Crippen LogP contribution in [0.3, 0.4) is 0 Å². The molecule has 5 heteroatoms. The van der Waals surface area contributed by atoms with Crippen molar-refractivity contribution in [1.29, 1.82) is 0 Å². The van der Waals surface area contributed by atoms with Crippen LogP contribution in [0.1, 0.15) is 67.9 Å². The molecule has 154 valence electrons. The van der Waals surface area contributed by atoms with Gasteiger partial charge in [0.15, 0.2) is 6.29 Å². The number of hydrogen-bond donors (Lipinski definition) is 3. The van der Waals surface area contributed by atoms with Crippen LogP contribution < -0.4 is 0 Å². The molecule has 0 aliphatic heterocycles. The summed E-state index contributed by atoms with van der Waals surface area (Å²) in [5, 5.41) is 31.0. The third-order valence-electron chi connectivity index (χ3n) is 7.02. The van der Waals surface area contributed by atoms with E-state index in [1.54, 1.807) is 6.92 Å². The summed E-state index contributed by atoms with van der Waals surface area (Å²) in [6, 6.07) is 1.41. The number of phenolic OH excluding ortho intramolecular Hbond substituents is 2. The highest BCUT2D eigenvalue weighted by atomic mass is 16.3. The van der Waals surface area contributed by atoms with Crippen molar-refractivity contribution in [2.45, 2.75) is 65.9 Å². The lowest BCUT2D eigenvalue weighted by molar-refractivity contribution is -0.132. The Hall–Kier alpha value is -2.14. The van der Waals surface area contributed by atoms with Crippen LogP contribution in [-0.4, -0.2) is 33.5 Å². The average Bonchev–Trinajstić information content (AvgIpc) is 2.64. The highest BCUT2D eigenvalue weighted by Crippen LogP contribution is 2.47. The summed E-state index contributed by atoms with van der Waals surface area (Å²) in [6.07, 6.45) is 2.35. The summed E-state index contributed by atoms with van der Waals surface area (Å²) in [5.74, 6) is 0.223. The van der Waals surface area contributed by atoms with Gasteiger partial charge in [0.1, 0.15) is 17.3 Å². The van der Waals surface area contributed by atoms with Crippen molar-refractivity contribution >= 4 is 12.1 Å². The predicted molar refractivity (Wildman–Crippen MR) is 109 cm³/mol. The maximum atomic E-state index is 12.2. The molecular formula is C23H32O5. The fourth-order valence-electron chi connectivity index (χ4n) is 4.29. The number of aliphatic hydroxyl groups is 1. The third kappa shape index (κ3) is 4.14. The number of hydrogen-bond acceptors (Lipinski definition) is 5. The highest BCUT2D eigenvalue weighted by Gasteiger charge is 2.43. The van der Waals surface area contributed by atoms with Crippen molar-refractivity contribution in [3.63, 3.8) is 0 Å². The summed E-state index contributed by atoms with van der Waals surface area (Å²) < 4.78 is 0. The maximum absolute atomic E-state index is 12.2. The number of carbonyl (C=O) groups excluding carboxylic acids is 2. The molecule has 2 rings (SSSR count). The van der Waals surface area contributed by atoms with Gasteiger partial charge in [0.2, 0.25) is 0 Å². The number of ketones is 1. The summed E-state index contributed by atoms with van der Waals surface area (Å²) in [5.41, 5.74) is 1.17. The number of benzene rings is 1. The quantitative estimate of drug-likeness (QED) is 0.483. The maximum Gasteiger partial charge on any atom is 0.154 e. The van der Waals surface area contributed by atoms with E-state index in [2.05, 4.69) is 20.4 Å². The first-order chi connectivity index (χ1) is 13.0. The van der Waals surface area contributed by atoms with E-state index in [0.29, 0.717) is 42.0 Å². The van der Waals surface area contributed by atoms with E-state index in [4.69, 9.17) is 0 Å². The Labute approximate surface area is 167 Å². The second kappa shape index (κ2) is 8.48. The topological polar surface area (TPSA) is 94.8 Å². The van der Waals surface area contributed by atoms with E-state index < -0.39 is 6.10 Å². The molecule has 1 fully saturated rings. The molecule has 5 nitrogen and oxygen atoms in total. The second-order valence-electron chi connectivity index (χ2n) is 8.58. The normalized spacial score (nSPS) is 26.1. The van der Waals surface area contributed by atoms with E-state index in [0.717, 1.165) is 12.8 Å². The third-order valence-corrected chi connectivity index (χ3v) is 7.02. The molecule has 0 radical (unpaired) electrons. The lowest BCUT2D eigenvalue weighted by Crippen LogP contribution is -2.41. The molecule has 0 heterocycles. The first kappa shape index (κ1) is 22.2. The molecule has 1 aliphatic carbocycles.